The molecule has 30 heavy (non-hydrogen) atoms. The number of rotatable bonds is 5. The standard InChI is InChI=1S/C23H27N3O3S/c1-14(27)26-23-10-17(2-3-25-23)20-9-21(12-24-11-20)30(28,29)13-22-18-5-15-4-16(7-18)8-19(22)6-15/h2-3,9-12,15-16,18-19,22H,4-8,13H2,1H3,(H,25,26,27). The van der Waals surface area contributed by atoms with Crippen LogP contribution in [0.2, 0.25) is 0 Å². The van der Waals surface area contributed by atoms with Gasteiger partial charge in [0.05, 0.1) is 10.6 Å². The smallest absolute Gasteiger partial charge is 0.222 e. The molecule has 0 radical (unpaired) electrons. The van der Waals surface area contributed by atoms with Gasteiger partial charge in [0.1, 0.15) is 5.82 Å². The zero-order valence-electron chi connectivity index (χ0n) is 17.1. The minimum atomic E-state index is -3.41. The van der Waals surface area contributed by atoms with E-state index in [9.17, 15) is 13.2 Å². The Morgan fingerprint density at radius 1 is 1.03 bits per heavy atom. The van der Waals surface area contributed by atoms with Crippen molar-refractivity contribution in [2.24, 2.45) is 29.6 Å². The second-order valence-corrected chi connectivity index (χ2v) is 11.4. The van der Waals surface area contributed by atoms with E-state index in [-0.39, 0.29) is 16.6 Å². The molecule has 1 amide bonds. The normalized spacial score (nSPS) is 29.7. The molecule has 2 heterocycles. The van der Waals surface area contributed by atoms with Crippen molar-refractivity contribution in [2.75, 3.05) is 11.1 Å². The van der Waals surface area contributed by atoms with Gasteiger partial charge in [-0.1, -0.05) is 0 Å². The van der Waals surface area contributed by atoms with Crippen LogP contribution in [-0.2, 0) is 14.6 Å². The molecule has 6 nitrogen and oxygen atoms in total. The van der Waals surface area contributed by atoms with E-state index in [0.717, 1.165) is 17.4 Å². The summed E-state index contributed by atoms with van der Waals surface area (Å²) in [6.07, 6.45) is 10.9. The van der Waals surface area contributed by atoms with Crippen LogP contribution in [-0.4, -0.2) is 30.0 Å². The molecule has 0 aliphatic heterocycles. The minimum Gasteiger partial charge on any atom is -0.311 e. The van der Waals surface area contributed by atoms with Crippen molar-refractivity contribution in [1.82, 2.24) is 9.97 Å². The third kappa shape index (κ3) is 3.75. The Morgan fingerprint density at radius 2 is 1.73 bits per heavy atom. The molecule has 158 valence electrons. The van der Waals surface area contributed by atoms with Crippen molar-refractivity contribution >= 4 is 21.6 Å². The third-order valence-corrected chi connectivity index (χ3v) is 9.07. The molecule has 4 saturated carbocycles. The van der Waals surface area contributed by atoms with Crippen LogP contribution in [0.25, 0.3) is 11.1 Å². The van der Waals surface area contributed by atoms with E-state index in [4.69, 9.17) is 0 Å². The molecule has 4 bridgehead atoms. The molecule has 2 aromatic rings. The van der Waals surface area contributed by atoms with E-state index in [1.807, 2.05) is 0 Å². The summed E-state index contributed by atoms with van der Waals surface area (Å²) in [4.78, 5) is 19.9. The molecule has 0 unspecified atom stereocenters. The van der Waals surface area contributed by atoms with E-state index in [1.165, 1.54) is 45.2 Å². The number of aromatic nitrogens is 2. The zero-order valence-corrected chi connectivity index (χ0v) is 17.9. The molecule has 0 aromatic carbocycles. The number of anilines is 1. The lowest BCUT2D eigenvalue weighted by Crippen LogP contribution is -2.47. The van der Waals surface area contributed by atoms with Crippen molar-refractivity contribution in [2.45, 2.75) is 43.9 Å². The zero-order chi connectivity index (χ0) is 20.9. The Morgan fingerprint density at radius 3 is 2.40 bits per heavy atom. The summed E-state index contributed by atoms with van der Waals surface area (Å²) in [5, 5.41) is 2.65. The third-order valence-electron chi connectivity index (χ3n) is 7.30. The van der Waals surface area contributed by atoms with Crippen LogP contribution in [0.4, 0.5) is 5.82 Å². The maximum atomic E-state index is 13.3. The number of pyridine rings is 2. The highest BCUT2D eigenvalue weighted by atomic mass is 32.2. The van der Waals surface area contributed by atoms with Gasteiger partial charge in [0.2, 0.25) is 5.91 Å². The number of sulfone groups is 1. The second kappa shape index (κ2) is 7.45. The van der Waals surface area contributed by atoms with Gasteiger partial charge in [-0.25, -0.2) is 13.4 Å². The number of amides is 1. The Labute approximate surface area is 177 Å². The molecule has 4 fully saturated rings. The molecular formula is C23H27N3O3S. The van der Waals surface area contributed by atoms with Crippen LogP contribution in [0.1, 0.15) is 39.0 Å². The number of hydrogen-bond acceptors (Lipinski definition) is 5. The summed E-state index contributed by atoms with van der Waals surface area (Å²) in [5.41, 5.74) is 1.48. The van der Waals surface area contributed by atoms with Crippen molar-refractivity contribution in [3.63, 3.8) is 0 Å². The number of hydrogen-bond donors (Lipinski definition) is 1. The lowest BCUT2D eigenvalue weighted by Gasteiger charge is -2.54. The molecule has 7 heteroatoms. The predicted molar refractivity (Wildman–Crippen MR) is 114 cm³/mol. The monoisotopic (exact) mass is 425 g/mol. The van der Waals surface area contributed by atoms with Crippen molar-refractivity contribution in [3.05, 3.63) is 36.8 Å². The predicted octanol–water partition coefficient (Wildman–Crippen LogP) is 3.95. The fourth-order valence-electron chi connectivity index (χ4n) is 6.27. The summed E-state index contributed by atoms with van der Waals surface area (Å²) in [5.74, 6) is 3.58. The van der Waals surface area contributed by atoms with Gasteiger partial charge in [-0.3, -0.25) is 9.78 Å². The largest absolute Gasteiger partial charge is 0.311 e. The molecule has 0 saturated heterocycles. The van der Waals surface area contributed by atoms with Crippen molar-refractivity contribution in [1.29, 1.82) is 0 Å². The first kappa shape index (κ1) is 19.7. The van der Waals surface area contributed by atoms with Crippen molar-refractivity contribution in [3.8, 4) is 11.1 Å². The van der Waals surface area contributed by atoms with Crippen molar-refractivity contribution < 1.29 is 13.2 Å². The van der Waals surface area contributed by atoms with E-state index in [1.54, 1.807) is 30.6 Å². The van der Waals surface area contributed by atoms with Gasteiger partial charge in [0.15, 0.2) is 9.84 Å². The minimum absolute atomic E-state index is 0.204. The molecule has 0 spiro atoms. The number of carbonyl (C=O) groups excluding carboxylic acids is 1. The van der Waals surface area contributed by atoms with Crippen LogP contribution in [0.3, 0.4) is 0 Å². The maximum absolute atomic E-state index is 13.3. The molecule has 4 aliphatic rings. The molecule has 4 aliphatic carbocycles. The summed E-state index contributed by atoms with van der Waals surface area (Å²) in [7, 11) is -3.41. The first-order valence-corrected chi connectivity index (χ1v) is 12.4. The highest BCUT2D eigenvalue weighted by Gasteiger charge is 2.49. The van der Waals surface area contributed by atoms with E-state index >= 15 is 0 Å². The molecular weight excluding hydrogens is 398 g/mol. The van der Waals surface area contributed by atoms with E-state index in [2.05, 4.69) is 15.3 Å². The average Bonchev–Trinajstić information content (AvgIpc) is 2.70. The van der Waals surface area contributed by atoms with Crippen LogP contribution in [0.15, 0.2) is 41.7 Å². The second-order valence-electron chi connectivity index (χ2n) is 9.40. The summed E-state index contributed by atoms with van der Waals surface area (Å²) in [6.45, 7) is 1.42. The summed E-state index contributed by atoms with van der Waals surface area (Å²) < 4.78 is 26.6. The Hall–Kier alpha value is -2.28. The average molecular weight is 426 g/mol. The van der Waals surface area contributed by atoms with Crippen LogP contribution in [0, 0.1) is 29.6 Å². The van der Waals surface area contributed by atoms with Gasteiger partial charge >= 0.3 is 0 Å². The van der Waals surface area contributed by atoms with Crippen LogP contribution >= 0.6 is 0 Å². The Bertz CT molecular complexity index is 1050. The Kier molecular flexibility index (Phi) is 4.88. The van der Waals surface area contributed by atoms with Gasteiger partial charge in [-0.05, 0) is 85.5 Å². The van der Waals surface area contributed by atoms with Gasteiger partial charge in [-0.2, -0.15) is 0 Å². The summed E-state index contributed by atoms with van der Waals surface area (Å²) in [6, 6.07) is 5.22. The highest BCUT2D eigenvalue weighted by Crippen LogP contribution is 2.56. The van der Waals surface area contributed by atoms with Crippen LogP contribution in [0.5, 0.6) is 0 Å². The summed E-state index contributed by atoms with van der Waals surface area (Å²) >= 11 is 0. The molecule has 2 aromatic heterocycles. The first-order valence-electron chi connectivity index (χ1n) is 10.8. The molecule has 6 rings (SSSR count). The molecule has 0 atom stereocenters. The van der Waals surface area contributed by atoms with Crippen LogP contribution < -0.4 is 5.32 Å². The first-order chi connectivity index (χ1) is 14.4. The Balaban J connectivity index is 1.39. The topological polar surface area (TPSA) is 89.0 Å². The lowest BCUT2D eigenvalue weighted by molar-refractivity contribution is -0.114. The number of nitrogens with one attached hydrogen (secondary N) is 1. The molecule has 1 N–H and O–H groups in total. The number of nitrogens with zero attached hydrogens (tertiary/aromatic N) is 2. The SMILES string of the molecule is CC(=O)Nc1cc(-c2cncc(S(=O)(=O)CC3C4CC5CC(C4)CC3C5)c2)ccn1. The lowest BCUT2D eigenvalue weighted by atomic mass is 9.52. The quantitative estimate of drug-likeness (QED) is 0.784. The highest BCUT2D eigenvalue weighted by molar-refractivity contribution is 7.91. The van der Waals surface area contributed by atoms with Gasteiger partial charge in [-0.15, -0.1) is 0 Å². The fourth-order valence-corrected chi connectivity index (χ4v) is 8.04. The maximum Gasteiger partial charge on any atom is 0.222 e. The van der Waals surface area contributed by atoms with Gasteiger partial charge in [0, 0.05) is 31.1 Å². The van der Waals surface area contributed by atoms with E-state index in [0.29, 0.717) is 29.1 Å². The number of carbonyl (C=O) groups is 1. The van der Waals surface area contributed by atoms with Gasteiger partial charge in [0.25, 0.3) is 0 Å². The van der Waals surface area contributed by atoms with E-state index < -0.39 is 9.84 Å². The van der Waals surface area contributed by atoms with Gasteiger partial charge < -0.3 is 5.32 Å². The fraction of sp³-hybridized carbons (Fsp3) is 0.522.